The maximum absolute atomic E-state index is 12.7. The second kappa shape index (κ2) is 7.02. The van der Waals surface area contributed by atoms with Gasteiger partial charge in [-0.05, 0) is 37.2 Å². The zero-order valence-corrected chi connectivity index (χ0v) is 13.0. The maximum atomic E-state index is 12.7. The lowest BCUT2D eigenvalue weighted by Crippen LogP contribution is -2.49. The first-order valence-corrected chi connectivity index (χ1v) is 7.22. The van der Waals surface area contributed by atoms with Crippen LogP contribution in [0.5, 0.6) is 0 Å². The predicted octanol–water partition coefficient (Wildman–Crippen LogP) is 2.62. The second-order valence-electron chi connectivity index (χ2n) is 4.89. The Labute approximate surface area is 134 Å². The van der Waals surface area contributed by atoms with Gasteiger partial charge in [-0.1, -0.05) is 30.3 Å². The first-order valence-electron chi connectivity index (χ1n) is 7.22. The molecule has 1 atom stereocenters. The number of rotatable bonds is 6. The molecule has 2 aromatic rings. The van der Waals surface area contributed by atoms with E-state index in [0.717, 1.165) is 0 Å². The molecular formula is C17H18N2O4. The number of carbonyl (C=O) groups excluding carboxylic acids is 1. The number of hydrogen-bond donors (Lipinski definition) is 1. The van der Waals surface area contributed by atoms with E-state index in [-0.39, 0.29) is 12.3 Å². The number of ether oxygens (including phenoxy) is 1. The molecule has 0 unspecified atom stereocenters. The molecule has 0 aliphatic heterocycles. The highest BCUT2D eigenvalue weighted by Gasteiger charge is 2.42. The molecule has 0 bridgehead atoms. The van der Waals surface area contributed by atoms with E-state index in [4.69, 9.17) is 4.74 Å². The van der Waals surface area contributed by atoms with E-state index in [0.29, 0.717) is 11.1 Å². The van der Waals surface area contributed by atoms with E-state index < -0.39 is 16.4 Å². The van der Waals surface area contributed by atoms with Crippen molar-refractivity contribution in [1.82, 2.24) is 5.32 Å². The molecule has 6 heteroatoms. The summed E-state index contributed by atoms with van der Waals surface area (Å²) in [7, 11) is 1.66. The Balaban J connectivity index is 2.61. The summed E-state index contributed by atoms with van der Waals surface area (Å²) in [5.74, 6) is -0.456. The topological polar surface area (TPSA) is 81.5 Å². The molecule has 0 heterocycles. The average Bonchev–Trinajstić information content (AvgIpc) is 2.58. The first-order chi connectivity index (χ1) is 11.1. The van der Waals surface area contributed by atoms with Crippen LogP contribution in [0.3, 0.4) is 0 Å². The molecule has 0 spiro atoms. The Morgan fingerprint density at radius 1 is 1.13 bits per heavy atom. The van der Waals surface area contributed by atoms with Crippen LogP contribution in [0.15, 0.2) is 54.6 Å². The molecule has 2 rings (SSSR count). The van der Waals surface area contributed by atoms with Crippen molar-refractivity contribution in [3.8, 4) is 0 Å². The molecule has 0 radical (unpaired) electrons. The van der Waals surface area contributed by atoms with E-state index in [2.05, 4.69) is 5.32 Å². The average molecular weight is 314 g/mol. The van der Waals surface area contributed by atoms with Crippen molar-refractivity contribution in [2.75, 3.05) is 13.7 Å². The number of nitrogens with one attached hydrogen (secondary N) is 1. The number of hydrogen-bond acceptors (Lipinski definition) is 5. The van der Waals surface area contributed by atoms with Crippen molar-refractivity contribution in [1.29, 1.82) is 0 Å². The van der Waals surface area contributed by atoms with E-state index in [1.54, 1.807) is 26.1 Å². The normalized spacial score (nSPS) is 13.1. The van der Waals surface area contributed by atoms with Crippen LogP contribution in [0.25, 0.3) is 0 Å². The van der Waals surface area contributed by atoms with Gasteiger partial charge in [0.05, 0.1) is 11.5 Å². The van der Waals surface area contributed by atoms with Gasteiger partial charge >= 0.3 is 5.97 Å². The van der Waals surface area contributed by atoms with Crippen molar-refractivity contribution in [2.45, 2.75) is 12.5 Å². The summed E-state index contributed by atoms with van der Waals surface area (Å²) in [6.45, 7) is 1.97. The highest BCUT2D eigenvalue weighted by atomic mass is 16.6. The van der Waals surface area contributed by atoms with Crippen molar-refractivity contribution >= 4 is 11.7 Å². The van der Waals surface area contributed by atoms with Crippen molar-refractivity contribution in [3.05, 3.63) is 75.8 Å². The summed E-state index contributed by atoms with van der Waals surface area (Å²) in [6, 6.07) is 15.0. The SMILES string of the molecule is CCOC(=O)[C@](NC)(c1ccccc1)c1ccc([N+](=O)[O-])cc1. The summed E-state index contributed by atoms with van der Waals surface area (Å²) in [4.78, 5) is 23.1. The Hall–Kier alpha value is -2.73. The Bertz CT molecular complexity index is 685. The summed E-state index contributed by atoms with van der Waals surface area (Å²) in [5.41, 5.74) is 0.0348. The Kier molecular flexibility index (Phi) is 5.08. The largest absolute Gasteiger partial charge is 0.464 e. The predicted molar refractivity (Wildman–Crippen MR) is 86.0 cm³/mol. The van der Waals surface area contributed by atoms with Gasteiger partial charge in [-0.2, -0.15) is 0 Å². The minimum atomic E-state index is -1.22. The van der Waals surface area contributed by atoms with Gasteiger partial charge < -0.3 is 4.74 Å². The third-order valence-corrected chi connectivity index (χ3v) is 3.67. The van der Waals surface area contributed by atoms with Gasteiger partial charge in [-0.3, -0.25) is 15.4 Å². The fourth-order valence-corrected chi connectivity index (χ4v) is 2.55. The van der Waals surface area contributed by atoms with Crippen molar-refractivity contribution < 1.29 is 14.5 Å². The number of likely N-dealkylation sites (N-methyl/N-ethyl adjacent to an activating group) is 1. The van der Waals surface area contributed by atoms with E-state index in [1.807, 2.05) is 30.3 Å². The van der Waals surface area contributed by atoms with Gasteiger partial charge in [0.1, 0.15) is 0 Å². The Morgan fingerprint density at radius 2 is 1.70 bits per heavy atom. The lowest BCUT2D eigenvalue weighted by Gasteiger charge is -2.32. The molecule has 120 valence electrons. The molecule has 6 nitrogen and oxygen atoms in total. The zero-order chi connectivity index (χ0) is 16.9. The Morgan fingerprint density at radius 3 is 2.17 bits per heavy atom. The number of nitro benzene ring substituents is 1. The van der Waals surface area contributed by atoms with Crippen LogP contribution < -0.4 is 5.32 Å². The molecule has 0 fully saturated rings. The van der Waals surface area contributed by atoms with Crippen LogP contribution in [-0.4, -0.2) is 24.5 Å². The van der Waals surface area contributed by atoms with Crippen molar-refractivity contribution in [2.24, 2.45) is 0 Å². The summed E-state index contributed by atoms with van der Waals surface area (Å²) in [5, 5.41) is 13.9. The molecule has 2 aromatic carbocycles. The minimum absolute atomic E-state index is 0.0318. The smallest absolute Gasteiger partial charge is 0.335 e. The zero-order valence-electron chi connectivity index (χ0n) is 13.0. The molecule has 0 aromatic heterocycles. The van der Waals surface area contributed by atoms with Gasteiger partial charge in [-0.15, -0.1) is 0 Å². The first kappa shape index (κ1) is 16.6. The molecule has 23 heavy (non-hydrogen) atoms. The molecule has 0 aliphatic carbocycles. The third-order valence-electron chi connectivity index (χ3n) is 3.67. The quantitative estimate of drug-likeness (QED) is 0.503. The summed E-state index contributed by atoms with van der Waals surface area (Å²) in [6.07, 6.45) is 0. The van der Waals surface area contributed by atoms with Crippen LogP contribution in [-0.2, 0) is 15.1 Å². The third kappa shape index (κ3) is 3.07. The molecule has 0 aliphatic rings. The molecule has 0 saturated heterocycles. The minimum Gasteiger partial charge on any atom is -0.464 e. The number of carbonyl (C=O) groups is 1. The number of nitrogens with zero attached hydrogens (tertiary/aromatic N) is 1. The van der Waals surface area contributed by atoms with E-state index >= 15 is 0 Å². The fraction of sp³-hybridized carbons (Fsp3) is 0.235. The number of benzene rings is 2. The standard InChI is InChI=1S/C17H18N2O4/c1-3-23-16(20)17(18-2,13-7-5-4-6-8-13)14-9-11-15(12-10-14)19(21)22/h4-12,18H,3H2,1-2H3/t17-/m0/s1. The van der Waals surface area contributed by atoms with Gasteiger partial charge in [0, 0.05) is 12.1 Å². The number of nitro groups is 1. The highest BCUT2D eigenvalue weighted by Crippen LogP contribution is 2.32. The van der Waals surface area contributed by atoms with E-state index in [9.17, 15) is 14.9 Å². The molecular weight excluding hydrogens is 296 g/mol. The van der Waals surface area contributed by atoms with Crippen LogP contribution in [0.2, 0.25) is 0 Å². The summed E-state index contributed by atoms with van der Waals surface area (Å²) >= 11 is 0. The van der Waals surface area contributed by atoms with Gasteiger partial charge in [-0.25, -0.2) is 4.79 Å². The lowest BCUT2D eigenvalue weighted by atomic mass is 9.82. The fourth-order valence-electron chi connectivity index (χ4n) is 2.55. The monoisotopic (exact) mass is 314 g/mol. The lowest BCUT2D eigenvalue weighted by molar-refractivity contribution is -0.384. The van der Waals surface area contributed by atoms with Crippen LogP contribution >= 0.6 is 0 Å². The molecule has 0 amide bonds. The van der Waals surface area contributed by atoms with Crippen molar-refractivity contribution in [3.63, 3.8) is 0 Å². The highest BCUT2D eigenvalue weighted by molar-refractivity contribution is 5.87. The molecule has 1 N–H and O–H groups in total. The van der Waals surface area contributed by atoms with E-state index in [1.165, 1.54) is 12.1 Å². The maximum Gasteiger partial charge on any atom is 0.335 e. The van der Waals surface area contributed by atoms with Gasteiger partial charge in [0.15, 0.2) is 5.54 Å². The second-order valence-corrected chi connectivity index (χ2v) is 4.89. The number of esters is 1. The van der Waals surface area contributed by atoms with Crippen LogP contribution in [0.1, 0.15) is 18.1 Å². The molecule has 0 saturated carbocycles. The van der Waals surface area contributed by atoms with Gasteiger partial charge in [0.25, 0.3) is 5.69 Å². The van der Waals surface area contributed by atoms with Crippen LogP contribution in [0, 0.1) is 10.1 Å². The van der Waals surface area contributed by atoms with Gasteiger partial charge in [0.2, 0.25) is 0 Å². The van der Waals surface area contributed by atoms with Crippen LogP contribution in [0.4, 0.5) is 5.69 Å². The number of non-ortho nitro benzene ring substituents is 1. The summed E-state index contributed by atoms with van der Waals surface area (Å²) < 4.78 is 5.25.